The number of para-hydroxylation sites is 1. The quantitative estimate of drug-likeness (QED) is 0.381. The lowest BCUT2D eigenvalue weighted by atomic mass is 10.2. The van der Waals surface area contributed by atoms with E-state index in [4.69, 9.17) is 0 Å². The van der Waals surface area contributed by atoms with Crippen molar-refractivity contribution < 1.29 is 9.59 Å². The van der Waals surface area contributed by atoms with Gasteiger partial charge in [-0.25, -0.2) is 4.98 Å². The standard InChI is InChI=1S/C20H17N7O2/c1-13-6-5-9-15(10-13)25-20(29)17-18(23-12-22-17)27-26-16(11-21)19(28)24-14-7-3-2-4-8-14/h2-10,12,27H,1H3,(H,22,23)(H,24,28)(H,25,29). The molecule has 2 amide bonds. The van der Waals surface area contributed by atoms with Gasteiger partial charge in [-0.05, 0) is 36.8 Å². The zero-order valence-corrected chi connectivity index (χ0v) is 15.4. The highest BCUT2D eigenvalue weighted by Crippen LogP contribution is 2.15. The number of nitriles is 1. The van der Waals surface area contributed by atoms with Gasteiger partial charge >= 0.3 is 0 Å². The van der Waals surface area contributed by atoms with Crippen molar-refractivity contribution in [3.8, 4) is 6.07 Å². The third-order valence-electron chi connectivity index (χ3n) is 3.77. The summed E-state index contributed by atoms with van der Waals surface area (Å²) in [6.45, 7) is 1.91. The molecule has 0 bridgehead atoms. The largest absolute Gasteiger partial charge is 0.339 e. The molecule has 0 atom stereocenters. The molecule has 0 aliphatic carbocycles. The minimum absolute atomic E-state index is 0.0791. The first-order valence-corrected chi connectivity index (χ1v) is 8.58. The molecular formula is C20H17N7O2. The van der Waals surface area contributed by atoms with Gasteiger partial charge in [0.15, 0.2) is 11.5 Å². The summed E-state index contributed by atoms with van der Waals surface area (Å²) in [7, 11) is 0. The third-order valence-corrected chi connectivity index (χ3v) is 3.77. The highest BCUT2D eigenvalue weighted by atomic mass is 16.2. The first-order valence-electron chi connectivity index (χ1n) is 8.58. The van der Waals surface area contributed by atoms with Crippen molar-refractivity contribution in [1.82, 2.24) is 9.97 Å². The Morgan fingerprint density at radius 3 is 2.55 bits per heavy atom. The van der Waals surface area contributed by atoms with Crippen molar-refractivity contribution >= 4 is 34.7 Å². The summed E-state index contributed by atoms with van der Waals surface area (Å²) in [5.74, 6) is -1.05. The second-order valence-corrected chi connectivity index (χ2v) is 5.95. The van der Waals surface area contributed by atoms with Gasteiger partial charge in [-0.1, -0.05) is 30.3 Å². The Balaban J connectivity index is 1.70. The number of anilines is 3. The van der Waals surface area contributed by atoms with Crippen LogP contribution in [-0.4, -0.2) is 27.5 Å². The zero-order chi connectivity index (χ0) is 20.6. The number of hydrazone groups is 1. The van der Waals surface area contributed by atoms with Crippen molar-refractivity contribution in [2.75, 3.05) is 16.1 Å². The van der Waals surface area contributed by atoms with Crippen LogP contribution in [-0.2, 0) is 4.79 Å². The molecular weight excluding hydrogens is 370 g/mol. The monoisotopic (exact) mass is 387 g/mol. The van der Waals surface area contributed by atoms with Gasteiger partial charge in [-0.2, -0.15) is 10.4 Å². The van der Waals surface area contributed by atoms with E-state index < -0.39 is 17.5 Å². The number of carbonyl (C=O) groups is 2. The fourth-order valence-corrected chi connectivity index (χ4v) is 2.42. The molecule has 29 heavy (non-hydrogen) atoms. The topological polar surface area (TPSA) is 135 Å². The smallest absolute Gasteiger partial charge is 0.287 e. The van der Waals surface area contributed by atoms with Crippen LogP contribution < -0.4 is 16.1 Å². The Morgan fingerprint density at radius 2 is 1.83 bits per heavy atom. The first kappa shape index (κ1) is 19.3. The molecule has 1 heterocycles. The van der Waals surface area contributed by atoms with Gasteiger partial charge in [-0.15, -0.1) is 0 Å². The van der Waals surface area contributed by atoms with E-state index in [9.17, 15) is 14.9 Å². The van der Waals surface area contributed by atoms with Gasteiger partial charge in [0.05, 0.1) is 6.33 Å². The van der Waals surface area contributed by atoms with Gasteiger partial charge in [-0.3, -0.25) is 15.0 Å². The molecule has 3 aromatic rings. The summed E-state index contributed by atoms with van der Waals surface area (Å²) in [6.07, 6.45) is 1.30. The number of benzene rings is 2. The molecule has 0 saturated carbocycles. The number of imidazole rings is 1. The van der Waals surface area contributed by atoms with Gasteiger partial charge in [0.25, 0.3) is 11.8 Å². The van der Waals surface area contributed by atoms with Crippen LogP contribution in [0.4, 0.5) is 17.2 Å². The molecule has 0 aliphatic rings. The minimum atomic E-state index is -0.688. The van der Waals surface area contributed by atoms with Crippen molar-refractivity contribution in [2.24, 2.45) is 5.10 Å². The molecule has 0 fully saturated rings. The molecule has 0 saturated heterocycles. The number of hydrogen-bond donors (Lipinski definition) is 4. The molecule has 0 radical (unpaired) electrons. The van der Waals surface area contributed by atoms with Gasteiger partial charge in [0.1, 0.15) is 6.07 Å². The average Bonchev–Trinajstić information content (AvgIpc) is 3.18. The molecule has 1 aromatic heterocycles. The second-order valence-electron chi connectivity index (χ2n) is 5.95. The lowest BCUT2D eigenvalue weighted by Gasteiger charge is -2.06. The Kier molecular flexibility index (Phi) is 5.97. The van der Waals surface area contributed by atoms with Crippen LogP contribution in [0.25, 0.3) is 0 Å². The number of aryl methyl sites for hydroxylation is 1. The number of aromatic amines is 1. The van der Waals surface area contributed by atoms with Crippen molar-refractivity contribution in [3.05, 3.63) is 72.2 Å². The molecule has 4 N–H and O–H groups in total. The maximum absolute atomic E-state index is 12.5. The first-order chi connectivity index (χ1) is 14.1. The lowest BCUT2D eigenvalue weighted by molar-refractivity contribution is -0.110. The van der Waals surface area contributed by atoms with E-state index in [1.807, 2.05) is 25.1 Å². The summed E-state index contributed by atoms with van der Waals surface area (Å²) >= 11 is 0. The third kappa shape index (κ3) is 5.05. The molecule has 0 unspecified atom stereocenters. The summed E-state index contributed by atoms with van der Waals surface area (Å²) in [5, 5.41) is 18.3. The normalized spacial score (nSPS) is 10.7. The van der Waals surface area contributed by atoms with Crippen LogP contribution in [0.5, 0.6) is 0 Å². The number of amides is 2. The predicted molar refractivity (Wildman–Crippen MR) is 109 cm³/mol. The number of aromatic nitrogens is 2. The lowest BCUT2D eigenvalue weighted by Crippen LogP contribution is -2.23. The maximum atomic E-state index is 12.5. The molecule has 0 aliphatic heterocycles. The predicted octanol–water partition coefficient (Wildman–Crippen LogP) is 2.90. The molecule has 0 spiro atoms. The van der Waals surface area contributed by atoms with Crippen molar-refractivity contribution in [2.45, 2.75) is 6.92 Å². The van der Waals surface area contributed by atoms with E-state index in [0.29, 0.717) is 11.4 Å². The van der Waals surface area contributed by atoms with E-state index in [1.165, 1.54) is 6.33 Å². The zero-order valence-electron chi connectivity index (χ0n) is 15.4. The number of carbonyl (C=O) groups excluding carboxylic acids is 2. The van der Waals surface area contributed by atoms with Gasteiger partial charge in [0.2, 0.25) is 5.71 Å². The van der Waals surface area contributed by atoms with Crippen molar-refractivity contribution in [1.29, 1.82) is 5.26 Å². The number of nitrogens with zero attached hydrogens (tertiary/aromatic N) is 3. The Morgan fingerprint density at radius 1 is 1.07 bits per heavy atom. The highest BCUT2D eigenvalue weighted by Gasteiger charge is 2.16. The number of H-pyrrole nitrogens is 1. The maximum Gasteiger partial charge on any atom is 0.287 e. The summed E-state index contributed by atoms with van der Waals surface area (Å²) in [4.78, 5) is 31.3. The van der Waals surface area contributed by atoms with Crippen LogP contribution >= 0.6 is 0 Å². The van der Waals surface area contributed by atoms with Crippen LogP contribution in [0, 0.1) is 18.3 Å². The van der Waals surface area contributed by atoms with Crippen LogP contribution in [0.3, 0.4) is 0 Å². The molecule has 9 heteroatoms. The van der Waals surface area contributed by atoms with Crippen molar-refractivity contribution in [3.63, 3.8) is 0 Å². The van der Waals surface area contributed by atoms with Crippen LogP contribution in [0.15, 0.2) is 66.0 Å². The van der Waals surface area contributed by atoms with E-state index in [1.54, 1.807) is 42.5 Å². The van der Waals surface area contributed by atoms with E-state index >= 15 is 0 Å². The molecule has 2 aromatic carbocycles. The van der Waals surface area contributed by atoms with Gasteiger partial charge in [0, 0.05) is 11.4 Å². The number of hydrogen-bond acceptors (Lipinski definition) is 6. The fourth-order valence-electron chi connectivity index (χ4n) is 2.42. The molecule has 9 nitrogen and oxygen atoms in total. The second kappa shape index (κ2) is 8.96. The number of nitrogens with one attached hydrogen (secondary N) is 4. The van der Waals surface area contributed by atoms with E-state index in [-0.39, 0.29) is 11.5 Å². The molecule has 3 rings (SSSR count). The number of rotatable bonds is 6. The average molecular weight is 387 g/mol. The molecule has 144 valence electrons. The Bertz CT molecular complexity index is 1100. The fraction of sp³-hybridized carbons (Fsp3) is 0.0500. The summed E-state index contributed by atoms with van der Waals surface area (Å²) < 4.78 is 0. The van der Waals surface area contributed by atoms with E-state index in [0.717, 1.165) is 5.56 Å². The van der Waals surface area contributed by atoms with Crippen LogP contribution in [0.2, 0.25) is 0 Å². The SMILES string of the molecule is Cc1cccc(NC(=O)c2[nH]cnc2NN=C(C#N)C(=O)Nc2ccccc2)c1. The van der Waals surface area contributed by atoms with E-state index in [2.05, 4.69) is 31.1 Å². The Labute approximate surface area is 166 Å². The summed E-state index contributed by atoms with van der Waals surface area (Å²) in [5.41, 5.74) is 4.33. The highest BCUT2D eigenvalue weighted by molar-refractivity contribution is 6.48. The summed E-state index contributed by atoms with van der Waals surface area (Å²) in [6, 6.07) is 17.7. The minimum Gasteiger partial charge on any atom is -0.339 e. The Hall–Kier alpha value is -4.45. The van der Waals surface area contributed by atoms with Crippen LogP contribution in [0.1, 0.15) is 16.1 Å². The van der Waals surface area contributed by atoms with Gasteiger partial charge < -0.3 is 15.6 Å².